The summed E-state index contributed by atoms with van der Waals surface area (Å²) in [6, 6.07) is 0. The van der Waals surface area contributed by atoms with E-state index in [1.165, 1.54) is 11.3 Å². The first-order valence-corrected chi connectivity index (χ1v) is 5.94. The lowest BCUT2D eigenvalue weighted by atomic mass is 10.0. The van der Waals surface area contributed by atoms with Crippen LogP contribution in [0, 0.1) is 6.92 Å². The van der Waals surface area contributed by atoms with Crippen LogP contribution in [0.15, 0.2) is 11.7 Å². The van der Waals surface area contributed by atoms with Crippen LogP contribution in [0.2, 0.25) is 0 Å². The smallest absolute Gasteiger partial charge is 0.218 e. The van der Waals surface area contributed by atoms with Crippen molar-refractivity contribution in [1.29, 1.82) is 0 Å². The molecule has 5 heteroatoms. The molecule has 0 amide bonds. The second-order valence-electron chi connectivity index (χ2n) is 3.89. The Morgan fingerprint density at radius 2 is 2.06 bits per heavy atom. The number of nitrogens with zero attached hydrogens (tertiary/aromatic N) is 3. The molecule has 0 aliphatic carbocycles. The van der Waals surface area contributed by atoms with Crippen LogP contribution >= 0.6 is 11.3 Å². The van der Waals surface area contributed by atoms with Gasteiger partial charge in [-0.05, 0) is 12.8 Å². The molecule has 0 saturated heterocycles. The zero-order valence-corrected chi connectivity index (χ0v) is 10.2. The Labute approximate surface area is 98.0 Å². The molecule has 0 unspecified atom stereocenters. The molecule has 16 heavy (non-hydrogen) atoms. The van der Waals surface area contributed by atoms with Gasteiger partial charge in [0.2, 0.25) is 5.88 Å². The summed E-state index contributed by atoms with van der Waals surface area (Å²) < 4.78 is 0. The fourth-order valence-corrected chi connectivity index (χ4v) is 2.23. The number of hydrogen-bond donors (Lipinski definition) is 1. The van der Waals surface area contributed by atoms with Crippen LogP contribution < -0.4 is 0 Å². The lowest BCUT2D eigenvalue weighted by Crippen LogP contribution is -2.00. The van der Waals surface area contributed by atoms with Gasteiger partial charge in [-0.25, -0.2) is 4.98 Å². The van der Waals surface area contributed by atoms with Crippen LogP contribution in [0.1, 0.15) is 31.0 Å². The molecule has 0 fully saturated rings. The van der Waals surface area contributed by atoms with E-state index in [1.807, 2.05) is 20.8 Å². The zero-order valence-electron chi connectivity index (χ0n) is 9.43. The molecule has 0 aromatic carbocycles. The Morgan fingerprint density at radius 3 is 2.56 bits per heavy atom. The summed E-state index contributed by atoms with van der Waals surface area (Å²) in [4.78, 5) is 13.4. The predicted octanol–water partition coefficient (Wildman–Crippen LogP) is 2.74. The third-order valence-corrected chi connectivity index (χ3v) is 3.12. The molecule has 84 valence electrons. The fraction of sp³-hybridized carbons (Fsp3) is 0.364. The fourth-order valence-electron chi connectivity index (χ4n) is 1.68. The Morgan fingerprint density at radius 1 is 1.31 bits per heavy atom. The van der Waals surface area contributed by atoms with Crippen molar-refractivity contribution in [1.82, 2.24) is 15.0 Å². The van der Waals surface area contributed by atoms with Gasteiger partial charge in [0, 0.05) is 17.5 Å². The second-order valence-corrected chi connectivity index (χ2v) is 4.78. The maximum Gasteiger partial charge on any atom is 0.218 e. The SMILES string of the molecule is Cc1nc(-c2cncs2)nc(O)c1C(C)C. The van der Waals surface area contributed by atoms with E-state index >= 15 is 0 Å². The van der Waals surface area contributed by atoms with E-state index in [0.29, 0.717) is 5.82 Å². The maximum atomic E-state index is 9.87. The average Bonchev–Trinajstić information content (AvgIpc) is 2.67. The van der Waals surface area contributed by atoms with Gasteiger partial charge >= 0.3 is 0 Å². The highest BCUT2D eigenvalue weighted by molar-refractivity contribution is 7.13. The molecule has 0 atom stereocenters. The van der Waals surface area contributed by atoms with Gasteiger partial charge in [-0.3, -0.25) is 4.98 Å². The maximum absolute atomic E-state index is 9.87. The van der Waals surface area contributed by atoms with E-state index in [4.69, 9.17) is 0 Å². The summed E-state index contributed by atoms with van der Waals surface area (Å²) in [5.41, 5.74) is 3.36. The minimum absolute atomic E-state index is 0.0749. The van der Waals surface area contributed by atoms with E-state index in [2.05, 4.69) is 15.0 Å². The van der Waals surface area contributed by atoms with E-state index in [1.54, 1.807) is 11.7 Å². The Bertz CT molecular complexity index is 471. The molecular formula is C11H13N3OS. The highest BCUT2D eigenvalue weighted by atomic mass is 32.1. The molecule has 2 aromatic rings. The van der Waals surface area contributed by atoms with Crippen LogP contribution in [-0.2, 0) is 0 Å². The van der Waals surface area contributed by atoms with Gasteiger partial charge in [0.25, 0.3) is 0 Å². The van der Waals surface area contributed by atoms with Crippen LogP contribution in [0.25, 0.3) is 10.7 Å². The van der Waals surface area contributed by atoms with Crippen molar-refractivity contribution in [2.45, 2.75) is 26.7 Å². The van der Waals surface area contributed by atoms with Crippen molar-refractivity contribution in [2.24, 2.45) is 0 Å². The standard InChI is InChI=1S/C11H13N3OS/c1-6(2)9-7(3)13-10(14-11(9)15)8-4-12-5-16-8/h4-6H,1-3H3,(H,13,14,15). The van der Waals surface area contributed by atoms with Crippen molar-refractivity contribution in [3.8, 4) is 16.6 Å². The summed E-state index contributed by atoms with van der Waals surface area (Å²) in [6.45, 7) is 5.91. The van der Waals surface area contributed by atoms with Gasteiger partial charge in [0.1, 0.15) is 0 Å². The summed E-state index contributed by atoms with van der Waals surface area (Å²) in [5, 5.41) is 9.87. The third kappa shape index (κ3) is 1.90. The molecule has 2 rings (SSSR count). The largest absolute Gasteiger partial charge is 0.493 e. The summed E-state index contributed by atoms with van der Waals surface area (Å²) in [5.74, 6) is 0.836. The minimum Gasteiger partial charge on any atom is -0.493 e. The molecule has 1 N–H and O–H groups in total. The molecule has 4 nitrogen and oxygen atoms in total. The van der Waals surface area contributed by atoms with Gasteiger partial charge in [-0.1, -0.05) is 13.8 Å². The number of hydrogen-bond acceptors (Lipinski definition) is 5. The normalized spacial score (nSPS) is 11.0. The van der Waals surface area contributed by atoms with Gasteiger partial charge in [-0.2, -0.15) is 4.98 Å². The van der Waals surface area contributed by atoms with Crippen molar-refractivity contribution in [2.75, 3.05) is 0 Å². The van der Waals surface area contributed by atoms with E-state index in [0.717, 1.165) is 16.1 Å². The van der Waals surface area contributed by atoms with Crippen molar-refractivity contribution in [3.05, 3.63) is 23.0 Å². The van der Waals surface area contributed by atoms with E-state index in [-0.39, 0.29) is 11.8 Å². The van der Waals surface area contributed by atoms with Crippen molar-refractivity contribution in [3.63, 3.8) is 0 Å². The molecule has 0 spiro atoms. The molecule has 2 heterocycles. The summed E-state index contributed by atoms with van der Waals surface area (Å²) in [6.07, 6.45) is 1.70. The summed E-state index contributed by atoms with van der Waals surface area (Å²) >= 11 is 1.46. The van der Waals surface area contributed by atoms with Gasteiger partial charge < -0.3 is 5.11 Å². The number of aromatic nitrogens is 3. The third-order valence-electron chi connectivity index (χ3n) is 2.35. The van der Waals surface area contributed by atoms with Crippen LogP contribution in [0.5, 0.6) is 5.88 Å². The minimum atomic E-state index is 0.0749. The monoisotopic (exact) mass is 235 g/mol. The lowest BCUT2D eigenvalue weighted by Gasteiger charge is -2.11. The number of thiazole rings is 1. The molecule has 0 saturated carbocycles. The number of aromatic hydroxyl groups is 1. The van der Waals surface area contributed by atoms with E-state index < -0.39 is 0 Å². The Balaban J connectivity index is 2.53. The van der Waals surface area contributed by atoms with E-state index in [9.17, 15) is 5.11 Å². The van der Waals surface area contributed by atoms with Crippen LogP contribution in [-0.4, -0.2) is 20.1 Å². The summed E-state index contributed by atoms with van der Waals surface area (Å²) in [7, 11) is 0. The van der Waals surface area contributed by atoms with Crippen molar-refractivity contribution < 1.29 is 5.11 Å². The lowest BCUT2D eigenvalue weighted by molar-refractivity contribution is 0.440. The van der Waals surface area contributed by atoms with Crippen molar-refractivity contribution >= 4 is 11.3 Å². The van der Waals surface area contributed by atoms with Gasteiger partial charge in [0.05, 0.1) is 10.4 Å². The predicted molar refractivity (Wildman–Crippen MR) is 63.6 cm³/mol. The van der Waals surface area contributed by atoms with Crippen LogP contribution in [0.4, 0.5) is 0 Å². The first-order chi connectivity index (χ1) is 7.59. The molecule has 0 aliphatic rings. The highest BCUT2D eigenvalue weighted by Crippen LogP contribution is 2.29. The zero-order chi connectivity index (χ0) is 11.7. The number of aryl methyl sites for hydroxylation is 1. The molecular weight excluding hydrogens is 222 g/mol. The molecule has 0 aliphatic heterocycles. The molecule has 0 radical (unpaired) electrons. The van der Waals surface area contributed by atoms with Gasteiger partial charge in [0.15, 0.2) is 5.82 Å². The quantitative estimate of drug-likeness (QED) is 0.869. The number of rotatable bonds is 2. The average molecular weight is 235 g/mol. The topological polar surface area (TPSA) is 58.9 Å². The first-order valence-electron chi connectivity index (χ1n) is 5.06. The Kier molecular flexibility index (Phi) is 2.87. The van der Waals surface area contributed by atoms with Crippen LogP contribution in [0.3, 0.4) is 0 Å². The second kappa shape index (κ2) is 4.17. The molecule has 0 bridgehead atoms. The van der Waals surface area contributed by atoms with Gasteiger partial charge in [-0.15, -0.1) is 11.3 Å². The Hall–Kier alpha value is -1.49. The first kappa shape index (κ1) is 11.0. The molecule has 2 aromatic heterocycles. The highest BCUT2D eigenvalue weighted by Gasteiger charge is 2.15.